The summed E-state index contributed by atoms with van der Waals surface area (Å²) in [4.78, 5) is 25.4. The monoisotopic (exact) mass is 269 g/mol. The van der Waals surface area contributed by atoms with Crippen molar-refractivity contribution in [1.82, 2.24) is 15.5 Å². The third kappa shape index (κ3) is 3.59. The second-order valence-corrected chi connectivity index (χ2v) is 6.41. The topological polar surface area (TPSA) is 70.7 Å². The number of nitrogens with zero attached hydrogens (tertiary/aromatic N) is 1. The highest BCUT2D eigenvalue weighted by molar-refractivity contribution is 5.78. The lowest BCUT2D eigenvalue weighted by Gasteiger charge is -2.29. The van der Waals surface area contributed by atoms with E-state index in [4.69, 9.17) is 4.74 Å². The van der Waals surface area contributed by atoms with Gasteiger partial charge in [0.05, 0.1) is 5.54 Å². The van der Waals surface area contributed by atoms with Crippen LogP contribution in [0.5, 0.6) is 0 Å². The van der Waals surface area contributed by atoms with E-state index in [2.05, 4.69) is 10.6 Å². The van der Waals surface area contributed by atoms with Gasteiger partial charge in [0.1, 0.15) is 5.60 Å². The van der Waals surface area contributed by atoms with Crippen LogP contribution in [0.3, 0.4) is 0 Å². The molecule has 2 saturated heterocycles. The predicted octanol–water partition coefficient (Wildman–Crippen LogP) is 0.476. The number of likely N-dealkylation sites (tertiary alicyclic amines) is 1. The first-order chi connectivity index (χ1) is 8.80. The fourth-order valence-corrected chi connectivity index (χ4v) is 2.53. The van der Waals surface area contributed by atoms with Crippen LogP contribution in [0, 0.1) is 0 Å². The van der Waals surface area contributed by atoms with Gasteiger partial charge in [0.25, 0.3) is 0 Å². The quantitative estimate of drug-likeness (QED) is 0.671. The van der Waals surface area contributed by atoms with Gasteiger partial charge in [-0.15, -0.1) is 0 Å². The Balaban J connectivity index is 1.98. The maximum absolute atomic E-state index is 12.0. The van der Waals surface area contributed by atoms with E-state index in [1.165, 1.54) is 0 Å². The molecule has 0 aromatic rings. The Kier molecular flexibility index (Phi) is 3.71. The van der Waals surface area contributed by atoms with Crippen LogP contribution < -0.4 is 10.6 Å². The molecule has 6 nitrogen and oxygen atoms in total. The third-order valence-corrected chi connectivity index (χ3v) is 3.40. The van der Waals surface area contributed by atoms with Crippen molar-refractivity contribution < 1.29 is 14.3 Å². The number of hydrogen-bond donors (Lipinski definition) is 2. The highest BCUT2D eigenvalue weighted by Gasteiger charge is 2.42. The number of nitrogens with one attached hydrogen (secondary N) is 2. The third-order valence-electron chi connectivity index (χ3n) is 3.40. The molecule has 1 spiro atoms. The molecule has 0 saturated carbocycles. The Morgan fingerprint density at radius 3 is 2.84 bits per heavy atom. The highest BCUT2D eigenvalue weighted by Crippen LogP contribution is 2.24. The number of rotatable bonds is 0. The Morgan fingerprint density at radius 1 is 1.42 bits per heavy atom. The van der Waals surface area contributed by atoms with Crippen LogP contribution in [0.4, 0.5) is 4.79 Å². The Bertz CT molecular complexity index is 378. The Morgan fingerprint density at radius 2 is 2.16 bits per heavy atom. The molecule has 0 aromatic carbocycles. The summed E-state index contributed by atoms with van der Waals surface area (Å²) in [5, 5.41) is 6.31. The van der Waals surface area contributed by atoms with E-state index in [0.717, 1.165) is 6.42 Å². The smallest absolute Gasteiger partial charge is 0.410 e. The normalized spacial score (nSPS) is 28.2. The molecule has 6 heteroatoms. The van der Waals surface area contributed by atoms with Gasteiger partial charge in [-0.1, -0.05) is 0 Å². The molecule has 0 aromatic heterocycles. The Hall–Kier alpha value is -1.30. The molecular formula is C13H23N3O3. The number of ether oxygens (including phenoxy) is 1. The van der Waals surface area contributed by atoms with Crippen molar-refractivity contribution in [3.05, 3.63) is 0 Å². The number of carbonyl (C=O) groups is 2. The van der Waals surface area contributed by atoms with Gasteiger partial charge >= 0.3 is 6.09 Å². The summed E-state index contributed by atoms with van der Waals surface area (Å²) in [6.07, 6.45) is 0.960. The van der Waals surface area contributed by atoms with Gasteiger partial charge in [-0.3, -0.25) is 4.79 Å². The van der Waals surface area contributed by atoms with Crippen molar-refractivity contribution in [1.29, 1.82) is 0 Å². The lowest BCUT2D eigenvalue weighted by molar-refractivity contribution is -0.122. The van der Waals surface area contributed by atoms with Crippen molar-refractivity contribution >= 4 is 12.0 Å². The molecule has 0 bridgehead atoms. The fourth-order valence-electron chi connectivity index (χ4n) is 2.53. The van der Waals surface area contributed by atoms with E-state index in [1.807, 2.05) is 20.8 Å². The molecule has 2 heterocycles. The molecule has 2 aliphatic heterocycles. The molecular weight excluding hydrogens is 246 g/mol. The first-order valence-electron chi connectivity index (χ1n) is 6.79. The molecule has 0 radical (unpaired) electrons. The van der Waals surface area contributed by atoms with Gasteiger partial charge in [-0.25, -0.2) is 4.79 Å². The van der Waals surface area contributed by atoms with E-state index < -0.39 is 5.60 Å². The fraction of sp³-hybridized carbons (Fsp3) is 0.846. The number of carbonyl (C=O) groups excluding carboxylic acids is 2. The molecule has 2 N–H and O–H groups in total. The van der Waals surface area contributed by atoms with Crippen LogP contribution in [-0.4, -0.2) is 54.2 Å². The van der Waals surface area contributed by atoms with E-state index >= 15 is 0 Å². The average molecular weight is 269 g/mol. The zero-order valence-corrected chi connectivity index (χ0v) is 11.9. The molecule has 2 fully saturated rings. The highest BCUT2D eigenvalue weighted by atomic mass is 16.6. The van der Waals surface area contributed by atoms with E-state index in [1.54, 1.807) is 4.90 Å². The molecule has 1 unspecified atom stereocenters. The van der Waals surface area contributed by atoms with E-state index in [0.29, 0.717) is 32.6 Å². The standard InChI is InChI=1S/C13H23N3O3/c1-12(2,3)19-11(18)16-7-5-13(9-16)8-14-6-4-10(17)15-13/h14H,4-9H2,1-3H3,(H,15,17). The van der Waals surface area contributed by atoms with Crippen molar-refractivity contribution in [2.24, 2.45) is 0 Å². The minimum absolute atomic E-state index is 0.0519. The van der Waals surface area contributed by atoms with Crippen molar-refractivity contribution in [2.45, 2.75) is 44.8 Å². The summed E-state index contributed by atoms with van der Waals surface area (Å²) >= 11 is 0. The number of hydrogen-bond acceptors (Lipinski definition) is 4. The summed E-state index contributed by atoms with van der Waals surface area (Å²) in [5.41, 5.74) is -0.817. The zero-order chi connectivity index (χ0) is 14.1. The minimum atomic E-state index is -0.488. The van der Waals surface area contributed by atoms with Gasteiger partial charge in [0, 0.05) is 32.6 Å². The van der Waals surface area contributed by atoms with Crippen LogP contribution in [-0.2, 0) is 9.53 Å². The first kappa shape index (κ1) is 14.1. The maximum Gasteiger partial charge on any atom is 0.410 e. The molecule has 19 heavy (non-hydrogen) atoms. The zero-order valence-electron chi connectivity index (χ0n) is 11.9. The van der Waals surface area contributed by atoms with Crippen LogP contribution in [0.1, 0.15) is 33.6 Å². The van der Waals surface area contributed by atoms with Gasteiger partial charge in [0.2, 0.25) is 5.91 Å². The average Bonchev–Trinajstić information content (AvgIpc) is 2.57. The predicted molar refractivity (Wildman–Crippen MR) is 70.8 cm³/mol. The molecule has 108 valence electrons. The second kappa shape index (κ2) is 5.00. The summed E-state index contributed by atoms with van der Waals surface area (Å²) < 4.78 is 5.37. The number of amides is 2. The minimum Gasteiger partial charge on any atom is -0.444 e. The summed E-state index contributed by atoms with van der Waals surface area (Å²) in [6.45, 7) is 8.10. The van der Waals surface area contributed by atoms with Crippen molar-refractivity contribution in [3.63, 3.8) is 0 Å². The van der Waals surface area contributed by atoms with Crippen LogP contribution >= 0.6 is 0 Å². The lowest BCUT2D eigenvalue weighted by atomic mass is 9.99. The van der Waals surface area contributed by atoms with Crippen LogP contribution in [0.2, 0.25) is 0 Å². The van der Waals surface area contributed by atoms with Crippen LogP contribution in [0.25, 0.3) is 0 Å². The van der Waals surface area contributed by atoms with Crippen molar-refractivity contribution in [3.8, 4) is 0 Å². The maximum atomic E-state index is 12.0. The van der Waals surface area contributed by atoms with Gasteiger partial charge in [0.15, 0.2) is 0 Å². The van der Waals surface area contributed by atoms with E-state index in [9.17, 15) is 9.59 Å². The molecule has 2 rings (SSSR count). The van der Waals surface area contributed by atoms with Gasteiger partial charge in [-0.2, -0.15) is 0 Å². The molecule has 2 amide bonds. The summed E-state index contributed by atoms with van der Waals surface area (Å²) in [7, 11) is 0. The molecule has 0 aliphatic carbocycles. The second-order valence-electron chi connectivity index (χ2n) is 6.41. The largest absolute Gasteiger partial charge is 0.444 e. The Labute approximate surface area is 113 Å². The molecule has 1 atom stereocenters. The summed E-state index contributed by atoms with van der Waals surface area (Å²) in [6, 6.07) is 0. The molecule has 2 aliphatic rings. The van der Waals surface area contributed by atoms with Gasteiger partial charge in [-0.05, 0) is 27.2 Å². The van der Waals surface area contributed by atoms with E-state index in [-0.39, 0.29) is 17.5 Å². The van der Waals surface area contributed by atoms with Crippen LogP contribution in [0.15, 0.2) is 0 Å². The van der Waals surface area contributed by atoms with Crippen molar-refractivity contribution in [2.75, 3.05) is 26.2 Å². The van der Waals surface area contributed by atoms with Gasteiger partial charge < -0.3 is 20.3 Å². The summed E-state index contributed by atoms with van der Waals surface area (Å²) in [5.74, 6) is 0.0519. The lowest BCUT2D eigenvalue weighted by Crippen LogP contribution is -2.54. The SMILES string of the molecule is CC(C)(C)OC(=O)N1CCC2(CNCCC(=O)N2)C1. The first-order valence-corrected chi connectivity index (χ1v) is 6.79.